The minimum absolute atomic E-state index is 0.0324. The number of nitrogens with zero attached hydrogens (tertiary/aromatic N) is 1. The lowest BCUT2D eigenvalue weighted by atomic mass is 9.92. The van der Waals surface area contributed by atoms with Crippen LogP contribution in [0.25, 0.3) is 0 Å². The predicted octanol–water partition coefficient (Wildman–Crippen LogP) is 3.36. The molecule has 0 aliphatic carbocycles. The van der Waals surface area contributed by atoms with Gasteiger partial charge in [0.15, 0.2) is 9.84 Å². The molecule has 0 heterocycles. The number of nitriles is 1. The lowest BCUT2D eigenvalue weighted by Gasteiger charge is -2.28. The van der Waals surface area contributed by atoms with Gasteiger partial charge in [-0.05, 0) is 60.5 Å². The highest BCUT2D eigenvalue weighted by Crippen LogP contribution is 2.22. The van der Waals surface area contributed by atoms with Crippen molar-refractivity contribution in [1.82, 2.24) is 0 Å². The van der Waals surface area contributed by atoms with E-state index in [-0.39, 0.29) is 11.3 Å². The molecule has 1 atom stereocenters. The minimum Gasteiger partial charge on any atom is -0.324 e. The van der Waals surface area contributed by atoms with E-state index in [1.54, 1.807) is 55.5 Å². The second-order valence-corrected chi connectivity index (χ2v) is 9.62. The second-order valence-electron chi connectivity index (χ2n) is 7.63. The molecule has 0 spiro atoms. The first kappa shape index (κ1) is 23.1. The van der Waals surface area contributed by atoms with Crippen molar-refractivity contribution >= 4 is 21.4 Å². The third-order valence-electron chi connectivity index (χ3n) is 5.04. The predicted molar refractivity (Wildman–Crippen MR) is 120 cm³/mol. The number of carbonyl (C=O) groups excluding carboxylic acids is 1. The third kappa shape index (κ3) is 5.38. The average Bonchev–Trinajstić information content (AvgIpc) is 2.74. The molecule has 0 radical (unpaired) electrons. The summed E-state index contributed by atoms with van der Waals surface area (Å²) in [7, 11) is -4.01. The van der Waals surface area contributed by atoms with Crippen LogP contribution < -0.4 is 11.1 Å². The summed E-state index contributed by atoms with van der Waals surface area (Å²) in [6, 6.07) is 20.0. The van der Waals surface area contributed by atoms with Crippen LogP contribution in [0, 0.1) is 24.1 Å². The van der Waals surface area contributed by atoms with E-state index in [0.717, 1.165) is 24.3 Å². The van der Waals surface area contributed by atoms with Crippen molar-refractivity contribution in [3.63, 3.8) is 0 Å². The molecule has 3 aromatic rings. The molecule has 1 unspecified atom stereocenters. The molecule has 0 aliphatic heterocycles. The van der Waals surface area contributed by atoms with E-state index in [4.69, 9.17) is 11.0 Å². The molecule has 164 valence electrons. The average molecular weight is 452 g/mol. The van der Waals surface area contributed by atoms with Crippen molar-refractivity contribution < 1.29 is 17.6 Å². The van der Waals surface area contributed by atoms with Gasteiger partial charge in [0.25, 0.3) is 0 Å². The van der Waals surface area contributed by atoms with Gasteiger partial charge < -0.3 is 11.1 Å². The number of rotatable bonds is 7. The van der Waals surface area contributed by atoms with Gasteiger partial charge in [-0.15, -0.1) is 0 Å². The van der Waals surface area contributed by atoms with Crippen LogP contribution in [0.1, 0.15) is 16.7 Å². The SMILES string of the molecule is Cc1cc(NC(=O)C(N)(Cc2ccccc2)CS(=O)(=O)c2ccc(F)cc2)ccc1C#N. The quantitative estimate of drug-likeness (QED) is 0.535. The van der Waals surface area contributed by atoms with Gasteiger partial charge in [0.1, 0.15) is 11.4 Å². The first-order valence-electron chi connectivity index (χ1n) is 9.76. The first-order chi connectivity index (χ1) is 15.1. The fraction of sp³-hybridized carbons (Fsp3) is 0.167. The summed E-state index contributed by atoms with van der Waals surface area (Å²) in [4.78, 5) is 13.1. The van der Waals surface area contributed by atoms with Gasteiger partial charge in [0, 0.05) is 12.1 Å². The Morgan fingerprint density at radius 2 is 1.75 bits per heavy atom. The van der Waals surface area contributed by atoms with Crippen LogP contribution >= 0.6 is 0 Å². The summed E-state index contributed by atoms with van der Waals surface area (Å²) in [5.41, 5.74) is 6.85. The Hall–Kier alpha value is -3.54. The van der Waals surface area contributed by atoms with Crippen LogP contribution in [0.5, 0.6) is 0 Å². The van der Waals surface area contributed by atoms with Crippen LogP contribution in [0.2, 0.25) is 0 Å². The van der Waals surface area contributed by atoms with Crippen molar-refractivity contribution in [2.75, 3.05) is 11.1 Å². The molecular formula is C24H22FN3O3S. The molecule has 8 heteroatoms. The van der Waals surface area contributed by atoms with Gasteiger partial charge in [-0.25, -0.2) is 12.8 Å². The highest BCUT2D eigenvalue weighted by atomic mass is 32.2. The van der Waals surface area contributed by atoms with Gasteiger partial charge in [-0.3, -0.25) is 4.79 Å². The topological polar surface area (TPSA) is 113 Å². The van der Waals surface area contributed by atoms with Crippen molar-refractivity contribution in [3.05, 3.63) is 95.3 Å². The number of halogens is 1. The number of anilines is 1. The van der Waals surface area contributed by atoms with Crippen LogP contribution in [0.4, 0.5) is 10.1 Å². The van der Waals surface area contributed by atoms with Crippen molar-refractivity contribution in [2.24, 2.45) is 5.73 Å². The maximum Gasteiger partial charge on any atom is 0.245 e. The van der Waals surface area contributed by atoms with E-state index in [1.807, 2.05) is 6.07 Å². The first-order valence-corrected chi connectivity index (χ1v) is 11.4. The number of carbonyl (C=O) groups is 1. The Morgan fingerprint density at radius 1 is 1.09 bits per heavy atom. The Labute approximate surface area is 186 Å². The number of nitrogens with two attached hydrogens (primary N) is 1. The number of hydrogen-bond acceptors (Lipinski definition) is 5. The fourth-order valence-electron chi connectivity index (χ4n) is 3.34. The maximum atomic E-state index is 13.3. The molecule has 1 amide bonds. The molecule has 3 aromatic carbocycles. The lowest BCUT2D eigenvalue weighted by molar-refractivity contribution is -0.120. The largest absolute Gasteiger partial charge is 0.324 e. The van der Waals surface area contributed by atoms with E-state index in [0.29, 0.717) is 22.4 Å². The van der Waals surface area contributed by atoms with Gasteiger partial charge in [0.2, 0.25) is 5.91 Å². The lowest BCUT2D eigenvalue weighted by Crippen LogP contribution is -2.57. The summed E-state index contributed by atoms with van der Waals surface area (Å²) < 4.78 is 39.3. The molecule has 0 aromatic heterocycles. The third-order valence-corrected chi connectivity index (χ3v) is 6.93. The highest BCUT2D eigenvalue weighted by molar-refractivity contribution is 7.91. The van der Waals surface area contributed by atoms with Crippen LogP contribution in [-0.2, 0) is 21.1 Å². The van der Waals surface area contributed by atoms with Crippen molar-refractivity contribution in [2.45, 2.75) is 23.8 Å². The smallest absolute Gasteiger partial charge is 0.245 e. The molecule has 3 rings (SSSR count). The number of nitrogens with one attached hydrogen (secondary N) is 1. The standard InChI is InChI=1S/C24H22FN3O3S/c1-17-13-21(10-7-19(17)15-26)28-23(29)24(27,14-18-5-3-2-4-6-18)16-32(30,31)22-11-8-20(25)9-12-22/h2-13H,14,16,27H2,1H3,(H,28,29). The van der Waals surface area contributed by atoms with E-state index in [2.05, 4.69) is 5.32 Å². The Morgan fingerprint density at radius 3 is 2.34 bits per heavy atom. The maximum absolute atomic E-state index is 13.3. The van der Waals surface area contributed by atoms with Crippen LogP contribution in [0.3, 0.4) is 0 Å². The summed E-state index contributed by atoms with van der Waals surface area (Å²) in [6.45, 7) is 1.73. The molecule has 3 N–H and O–H groups in total. The van der Waals surface area contributed by atoms with E-state index >= 15 is 0 Å². The van der Waals surface area contributed by atoms with Crippen LogP contribution in [-0.4, -0.2) is 25.6 Å². The monoisotopic (exact) mass is 451 g/mol. The zero-order chi connectivity index (χ0) is 23.4. The van der Waals surface area contributed by atoms with Gasteiger partial charge in [-0.2, -0.15) is 5.26 Å². The van der Waals surface area contributed by atoms with Gasteiger partial charge in [0.05, 0.1) is 22.3 Å². The zero-order valence-electron chi connectivity index (χ0n) is 17.4. The normalized spacial score (nSPS) is 13.1. The van der Waals surface area contributed by atoms with Crippen molar-refractivity contribution in [1.29, 1.82) is 5.26 Å². The number of amides is 1. The summed E-state index contributed by atoms with van der Waals surface area (Å²) in [5.74, 6) is -1.93. The number of hydrogen-bond donors (Lipinski definition) is 2. The minimum atomic E-state index is -4.01. The summed E-state index contributed by atoms with van der Waals surface area (Å²) in [6.07, 6.45) is -0.0324. The number of aryl methyl sites for hydroxylation is 1. The van der Waals surface area contributed by atoms with Gasteiger partial charge in [-0.1, -0.05) is 30.3 Å². The number of sulfone groups is 1. The highest BCUT2D eigenvalue weighted by Gasteiger charge is 2.40. The van der Waals surface area contributed by atoms with Gasteiger partial charge >= 0.3 is 0 Å². The Kier molecular flexibility index (Phi) is 6.72. The molecule has 6 nitrogen and oxygen atoms in total. The molecule has 0 saturated carbocycles. The second kappa shape index (κ2) is 9.30. The molecule has 32 heavy (non-hydrogen) atoms. The summed E-state index contributed by atoms with van der Waals surface area (Å²) >= 11 is 0. The molecular weight excluding hydrogens is 429 g/mol. The zero-order valence-corrected chi connectivity index (χ0v) is 18.2. The molecule has 0 saturated heterocycles. The van der Waals surface area contributed by atoms with Crippen molar-refractivity contribution in [3.8, 4) is 6.07 Å². The molecule has 0 bridgehead atoms. The summed E-state index contributed by atoms with van der Waals surface area (Å²) in [5, 5.41) is 11.8. The number of benzene rings is 3. The molecule has 0 fully saturated rings. The Bertz CT molecular complexity index is 1270. The van der Waals surface area contributed by atoms with E-state index in [9.17, 15) is 17.6 Å². The molecule has 0 aliphatic rings. The van der Waals surface area contributed by atoms with E-state index in [1.165, 1.54) is 0 Å². The fourth-order valence-corrected chi connectivity index (χ4v) is 4.97. The Balaban J connectivity index is 1.94. The van der Waals surface area contributed by atoms with E-state index < -0.39 is 32.9 Å². The van der Waals surface area contributed by atoms with Crippen LogP contribution in [0.15, 0.2) is 77.7 Å².